The molecule has 15 heteroatoms. The van der Waals surface area contributed by atoms with Crippen molar-refractivity contribution in [2.24, 2.45) is 17.6 Å². The summed E-state index contributed by atoms with van der Waals surface area (Å²) < 4.78 is 26.9. The van der Waals surface area contributed by atoms with Crippen LogP contribution in [0.15, 0.2) is 36.9 Å². The molecule has 4 heterocycles. The monoisotopic (exact) mass is 768 g/mol. The first-order valence-corrected chi connectivity index (χ1v) is 18.5. The van der Waals surface area contributed by atoms with E-state index in [1.54, 1.807) is 41.1 Å². The van der Waals surface area contributed by atoms with Crippen molar-refractivity contribution in [1.82, 2.24) is 25.3 Å². The molecule has 0 aliphatic carbocycles. The number of rotatable bonds is 11. The van der Waals surface area contributed by atoms with Gasteiger partial charge in [0, 0.05) is 55.6 Å². The predicted octanol–water partition coefficient (Wildman–Crippen LogP) is 6.41. The van der Waals surface area contributed by atoms with E-state index < -0.39 is 5.60 Å². The largest absolute Gasteiger partial charge is 0.493 e. The Balaban J connectivity index is 0.000000244. The van der Waals surface area contributed by atoms with E-state index in [4.69, 9.17) is 29.4 Å². The molecule has 2 aromatic carbocycles. The van der Waals surface area contributed by atoms with E-state index >= 15 is 0 Å². The summed E-state index contributed by atoms with van der Waals surface area (Å²) in [4.78, 5) is 34.3. The summed E-state index contributed by atoms with van der Waals surface area (Å²) in [6.07, 6.45) is 9.36. The number of carbonyl (C=O) groups is 1. The molecular weight excluding hydrogens is 712 g/mol. The van der Waals surface area contributed by atoms with E-state index in [0.29, 0.717) is 35.5 Å². The number of ether oxygens (including phenoxy) is 5. The third-order valence-corrected chi connectivity index (χ3v) is 9.86. The average molecular weight is 769 g/mol. The van der Waals surface area contributed by atoms with Crippen LogP contribution in [0.1, 0.15) is 59.3 Å². The van der Waals surface area contributed by atoms with Gasteiger partial charge in [-0.2, -0.15) is 0 Å². The SMILES string of the molecule is COc1cc2ncnc(N3CCC(CCN)CC3)c2cc1OC.COc1cc2ncnc(N3CCC(CCNC(=O)OC(C)(C)C)CC3)c2cc1OC.Cl. The van der Waals surface area contributed by atoms with E-state index in [0.717, 1.165) is 111 Å². The number of hydrogen-bond donors (Lipinski definition) is 2. The average Bonchev–Trinajstić information content (AvgIpc) is 3.16. The van der Waals surface area contributed by atoms with Crippen LogP contribution in [0.4, 0.5) is 16.4 Å². The van der Waals surface area contributed by atoms with Gasteiger partial charge in [0.2, 0.25) is 0 Å². The second-order valence-corrected chi connectivity index (χ2v) is 14.5. The molecule has 0 radical (unpaired) electrons. The maximum Gasteiger partial charge on any atom is 0.407 e. The van der Waals surface area contributed by atoms with Crippen LogP contribution in [-0.2, 0) is 4.74 Å². The molecule has 2 aromatic heterocycles. The highest BCUT2D eigenvalue weighted by Crippen LogP contribution is 2.37. The summed E-state index contributed by atoms with van der Waals surface area (Å²) in [6.45, 7) is 10.8. The number of carbonyl (C=O) groups excluding carboxylic acids is 1. The van der Waals surface area contributed by atoms with Gasteiger partial charge in [-0.1, -0.05) is 0 Å². The Labute approximate surface area is 324 Å². The van der Waals surface area contributed by atoms with Crippen molar-refractivity contribution in [2.75, 3.05) is 77.5 Å². The fourth-order valence-electron chi connectivity index (χ4n) is 7.04. The van der Waals surface area contributed by atoms with Gasteiger partial charge in [-0.25, -0.2) is 24.7 Å². The lowest BCUT2D eigenvalue weighted by molar-refractivity contribution is 0.0524. The normalized spacial score (nSPS) is 15.2. The molecule has 0 atom stereocenters. The van der Waals surface area contributed by atoms with Gasteiger partial charge in [-0.3, -0.25) is 0 Å². The highest BCUT2D eigenvalue weighted by molar-refractivity contribution is 5.93. The molecule has 2 aliphatic heterocycles. The summed E-state index contributed by atoms with van der Waals surface area (Å²) in [5, 5.41) is 4.82. The van der Waals surface area contributed by atoms with Crippen LogP contribution < -0.4 is 39.8 Å². The Bertz CT molecular complexity index is 1810. The zero-order chi connectivity index (χ0) is 38.0. The second kappa shape index (κ2) is 19.7. The molecule has 2 fully saturated rings. The minimum atomic E-state index is -0.470. The first kappa shape index (κ1) is 42.2. The van der Waals surface area contributed by atoms with Crippen molar-refractivity contribution in [3.8, 4) is 23.0 Å². The molecule has 0 spiro atoms. The van der Waals surface area contributed by atoms with Crippen LogP contribution >= 0.6 is 12.4 Å². The lowest BCUT2D eigenvalue weighted by atomic mass is 9.93. The number of fused-ring (bicyclic) bond motifs is 2. The standard InChI is InChI=1S/C22H32N4O4.C17H24N4O2.ClH/c1-22(2,3)30-21(27)23-9-6-15-7-10-26(11-8-15)20-16-12-18(28-4)19(29-5)13-17(16)24-14-25-20;1-22-15-9-13-14(10-16(15)23-2)19-11-20-17(13)21-7-4-12(3-6-18)5-8-21;/h12-15H,6-11H2,1-5H3,(H,23,27);9-12H,3-8,18H2,1-2H3;1H. The number of halogens is 1. The molecule has 4 aromatic rings. The number of nitrogens with zero attached hydrogens (tertiary/aromatic N) is 6. The van der Waals surface area contributed by atoms with Gasteiger partial charge in [0.05, 0.1) is 39.5 Å². The Kier molecular flexibility index (Phi) is 15.4. The Morgan fingerprint density at radius 3 is 1.50 bits per heavy atom. The van der Waals surface area contributed by atoms with Gasteiger partial charge in [0.15, 0.2) is 23.0 Å². The van der Waals surface area contributed by atoms with Crippen molar-refractivity contribution in [2.45, 2.75) is 64.9 Å². The van der Waals surface area contributed by atoms with Gasteiger partial charge in [0.25, 0.3) is 0 Å². The zero-order valence-electron chi connectivity index (χ0n) is 32.7. The fourth-order valence-corrected chi connectivity index (χ4v) is 7.04. The van der Waals surface area contributed by atoms with Crippen molar-refractivity contribution >= 4 is 51.9 Å². The third-order valence-electron chi connectivity index (χ3n) is 9.86. The summed E-state index contributed by atoms with van der Waals surface area (Å²) in [6, 6.07) is 7.70. The maximum atomic E-state index is 11.8. The van der Waals surface area contributed by atoms with Crippen LogP contribution in [0.3, 0.4) is 0 Å². The third kappa shape index (κ3) is 10.8. The topological polar surface area (TPSA) is 159 Å². The Morgan fingerprint density at radius 1 is 0.704 bits per heavy atom. The van der Waals surface area contributed by atoms with Crippen molar-refractivity contribution in [1.29, 1.82) is 0 Å². The molecule has 6 rings (SSSR count). The zero-order valence-corrected chi connectivity index (χ0v) is 33.5. The molecule has 2 aliphatic rings. The van der Waals surface area contributed by atoms with Crippen molar-refractivity contribution < 1.29 is 28.5 Å². The molecule has 14 nitrogen and oxygen atoms in total. The van der Waals surface area contributed by atoms with E-state index in [1.165, 1.54) is 0 Å². The first-order valence-electron chi connectivity index (χ1n) is 18.5. The van der Waals surface area contributed by atoms with Gasteiger partial charge in [-0.05, 0) is 89.8 Å². The lowest BCUT2D eigenvalue weighted by Gasteiger charge is -2.33. The quantitative estimate of drug-likeness (QED) is 0.173. The number of amides is 1. The number of hydrogen-bond acceptors (Lipinski definition) is 13. The van der Waals surface area contributed by atoms with E-state index in [-0.39, 0.29) is 18.5 Å². The van der Waals surface area contributed by atoms with E-state index in [1.807, 2.05) is 45.0 Å². The Morgan fingerprint density at radius 2 is 1.11 bits per heavy atom. The van der Waals surface area contributed by atoms with Crippen LogP contribution in [0.2, 0.25) is 0 Å². The van der Waals surface area contributed by atoms with E-state index in [9.17, 15) is 4.79 Å². The fraction of sp³-hybridized carbons (Fsp3) is 0.564. The smallest absolute Gasteiger partial charge is 0.407 e. The van der Waals surface area contributed by atoms with Crippen molar-refractivity contribution in [3.05, 3.63) is 36.9 Å². The number of aromatic nitrogens is 4. The Hall–Kier alpha value is -4.56. The van der Waals surface area contributed by atoms with Gasteiger partial charge in [-0.15, -0.1) is 12.4 Å². The minimum absolute atomic E-state index is 0. The van der Waals surface area contributed by atoms with Gasteiger partial charge < -0.3 is 44.5 Å². The maximum absolute atomic E-state index is 11.8. The molecule has 3 N–H and O–H groups in total. The molecule has 1 amide bonds. The number of nitrogens with two attached hydrogens (primary N) is 1. The highest BCUT2D eigenvalue weighted by Gasteiger charge is 2.24. The highest BCUT2D eigenvalue weighted by atomic mass is 35.5. The van der Waals surface area contributed by atoms with Crippen LogP contribution in [0.25, 0.3) is 21.8 Å². The second-order valence-electron chi connectivity index (χ2n) is 14.5. The number of piperidine rings is 2. The molecule has 2 saturated heterocycles. The number of alkyl carbamates (subject to hydrolysis) is 1. The molecular formula is C39H57ClN8O6. The molecule has 0 bridgehead atoms. The number of nitrogens with one attached hydrogen (secondary N) is 1. The molecule has 0 saturated carbocycles. The molecule has 0 unspecified atom stereocenters. The minimum Gasteiger partial charge on any atom is -0.493 e. The first-order chi connectivity index (χ1) is 25.6. The van der Waals surface area contributed by atoms with Gasteiger partial charge >= 0.3 is 6.09 Å². The molecule has 296 valence electrons. The van der Waals surface area contributed by atoms with Crippen LogP contribution in [-0.4, -0.2) is 99.3 Å². The number of benzene rings is 2. The summed E-state index contributed by atoms with van der Waals surface area (Å²) >= 11 is 0. The van der Waals surface area contributed by atoms with Crippen molar-refractivity contribution in [3.63, 3.8) is 0 Å². The summed E-state index contributed by atoms with van der Waals surface area (Å²) in [7, 11) is 6.53. The number of methoxy groups -OCH3 is 4. The van der Waals surface area contributed by atoms with E-state index in [2.05, 4.69) is 35.1 Å². The van der Waals surface area contributed by atoms with Crippen LogP contribution in [0, 0.1) is 11.8 Å². The van der Waals surface area contributed by atoms with Crippen LogP contribution in [0.5, 0.6) is 23.0 Å². The summed E-state index contributed by atoms with van der Waals surface area (Å²) in [5.74, 6) is 5.92. The lowest BCUT2D eigenvalue weighted by Crippen LogP contribution is -2.37. The predicted molar refractivity (Wildman–Crippen MR) is 215 cm³/mol. The molecule has 54 heavy (non-hydrogen) atoms. The number of anilines is 2. The van der Waals surface area contributed by atoms with Gasteiger partial charge in [0.1, 0.15) is 29.9 Å². The summed E-state index contributed by atoms with van der Waals surface area (Å²) in [5.41, 5.74) is 6.92.